The summed E-state index contributed by atoms with van der Waals surface area (Å²) in [5.41, 5.74) is 4.50. The van der Waals surface area contributed by atoms with Gasteiger partial charge in [-0.15, -0.1) is 0 Å². The summed E-state index contributed by atoms with van der Waals surface area (Å²) in [7, 11) is 0. The third-order valence-electron chi connectivity index (χ3n) is 3.55. The van der Waals surface area contributed by atoms with E-state index in [0.29, 0.717) is 0 Å². The van der Waals surface area contributed by atoms with E-state index >= 15 is 0 Å². The Labute approximate surface area is 126 Å². The van der Waals surface area contributed by atoms with Crippen molar-refractivity contribution in [2.45, 2.75) is 0 Å². The smallest absolute Gasteiger partial charge is 0.137 e. The number of nitrogens with zero attached hydrogens (tertiary/aromatic N) is 3. The van der Waals surface area contributed by atoms with E-state index in [0.717, 1.165) is 28.2 Å². The lowest BCUT2D eigenvalue weighted by molar-refractivity contribution is 0.628. The highest BCUT2D eigenvalue weighted by molar-refractivity contribution is 5.65. The van der Waals surface area contributed by atoms with Crippen LogP contribution in [0.25, 0.3) is 28.2 Å². The van der Waals surface area contributed by atoms with E-state index in [2.05, 4.69) is 9.97 Å². The fourth-order valence-corrected chi connectivity index (χ4v) is 2.44. The molecule has 0 aliphatic carbocycles. The van der Waals surface area contributed by atoms with Gasteiger partial charge in [-0.3, -0.25) is 4.98 Å². The molecule has 106 valence electrons. The van der Waals surface area contributed by atoms with Crippen molar-refractivity contribution >= 4 is 5.65 Å². The molecule has 0 bridgehead atoms. The van der Waals surface area contributed by atoms with Gasteiger partial charge in [0.1, 0.15) is 11.5 Å². The molecule has 4 heteroatoms. The molecule has 22 heavy (non-hydrogen) atoms. The minimum Gasteiger partial charge on any atom is -0.306 e. The third kappa shape index (κ3) is 2.24. The Morgan fingerprint density at radius 2 is 1.59 bits per heavy atom. The van der Waals surface area contributed by atoms with Gasteiger partial charge in [0.05, 0.1) is 11.4 Å². The van der Waals surface area contributed by atoms with Crippen LogP contribution in [0.1, 0.15) is 0 Å². The molecule has 0 N–H and O–H groups in total. The molecular formula is C18H12FN3. The highest BCUT2D eigenvalue weighted by atomic mass is 19.1. The molecule has 0 unspecified atom stereocenters. The molecule has 0 amide bonds. The van der Waals surface area contributed by atoms with Crippen LogP contribution in [-0.2, 0) is 0 Å². The topological polar surface area (TPSA) is 30.2 Å². The lowest BCUT2D eigenvalue weighted by atomic mass is 10.2. The first-order valence-corrected chi connectivity index (χ1v) is 6.96. The van der Waals surface area contributed by atoms with Crippen molar-refractivity contribution < 1.29 is 4.39 Å². The molecule has 3 heterocycles. The second-order valence-electron chi connectivity index (χ2n) is 5.03. The minimum absolute atomic E-state index is 0.245. The number of hydrogen-bond acceptors (Lipinski definition) is 2. The van der Waals surface area contributed by atoms with Crippen LogP contribution in [0.4, 0.5) is 4.39 Å². The molecule has 0 aliphatic heterocycles. The van der Waals surface area contributed by atoms with Gasteiger partial charge in [0.15, 0.2) is 0 Å². The summed E-state index contributed by atoms with van der Waals surface area (Å²) in [5.74, 6) is -0.245. The normalized spacial score (nSPS) is 11.0. The first-order valence-electron chi connectivity index (χ1n) is 6.96. The number of benzene rings is 1. The van der Waals surface area contributed by atoms with Crippen LogP contribution in [0.15, 0.2) is 73.2 Å². The standard InChI is InChI=1S/C18H12FN3/c19-15-7-4-13(5-8-15)17-12-22-11-14(6-9-18(22)21-17)16-3-1-2-10-20-16/h1-12H. The highest BCUT2D eigenvalue weighted by Gasteiger charge is 2.06. The minimum atomic E-state index is -0.245. The summed E-state index contributed by atoms with van der Waals surface area (Å²) < 4.78 is 15.0. The van der Waals surface area contributed by atoms with Gasteiger partial charge in [0.25, 0.3) is 0 Å². The van der Waals surface area contributed by atoms with Crippen LogP contribution >= 0.6 is 0 Å². The molecule has 0 radical (unpaired) electrons. The summed E-state index contributed by atoms with van der Waals surface area (Å²) >= 11 is 0. The molecule has 0 saturated carbocycles. The van der Waals surface area contributed by atoms with Crippen LogP contribution in [0.2, 0.25) is 0 Å². The van der Waals surface area contributed by atoms with Gasteiger partial charge < -0.3 is 4.40 Å². The fourth-order valence-electron chi connectivity index (χ4n) is 2.44. The van der Waals surface area contributed by atoms with Crippen molar-refractivity contribution in [3.63, 3.8) is 0 Å². The largest absolute Gasteiger partial charge is 0.306 e. The second kappa shape index (κ2) is 5.07. The molecule has 4 rings (SSSR count). The maximum Gasteiger partial charge on any atom is 0.137 e. The number of pyridine rings is 2. The van der Waals surface area contributed by atoms with Crippen LogP contribution in [0, 0.1) is 5.82 Å². The Balaban J connectivity index is 1.80. The van der Waals surface area contributed by atoms with E-state index in [1.54, 1.807) is 18.3 Å². The van der Waals surface area contributed by atoms with Gasteiger partial charge in [-0.05, 0) is 48.5 Å². The van der Waals surface area contributed by atoms with Gasteiger partial charge in [-0.25, -0.2) is 9.37 Å². The lowest BCUT2D eigenvalue weighted by Gasteiger charge is -2.00. The molecule has 3 aromatic heterocycles. The van der Waals surface area contributed by atoms with Crippen LogP contribution in [-0.4, -0.2) is 14.4 Å². The van der Waals surface area contributed by atoms with Crippen LogP contribution < -0.4 is 0 Å². The number of hydrogen-bond donors (Lipinski definition) is 0. The van der Waals surface area contributed by atoms with Gasteiger partial charge in [0, 0.05) is 29.7 Å². The van der Waals surface area contributed by atoms with E-state index < -0.39 is 0 Å². The van der Waals surface area contributed by atoms with E-state index in [9.17, 15) is 4.39 Å². The van der Waals surface area contributed by atoms with Crippen molar-refractivity contribution in [3.05, 3.63) is 79.0 Å². The van der Waals surface area contributed by atoms with Gasteiger partial charge in [-0.1, -0.05) is 6.07 Å². The molecule has 0 fully saturated rings. The summed E-state index contributed by atoms with van der Waals surface area (Å²) in [6, 6.07) is 16.1. The predicted molar refractivity (Wildman–Crippen MR) is 83.8 cm³/mol. The number of rotatable bonds is 2. The predicted octanol–water partition coefficient (Wildman–Crippen LogP) is 4.20. The molecular weight excluding hydrogens is 277 g/mol. The Kier molecular flexibility index (Phi) is 2.93. The summed E-state index contributed by atoms with van der Waals surface area (Å²) in [4.78, 5) is 8.92. The van der Waals surface area contributed by atoms with Crippen molar-refractivity contribution in [2.24, 2.45) is 0 Å². The van der Waals surface area contributed by atoms with E-state index in [1.165, 1.54) is 12.1 Å². The first kappa shape index (κ1) is 12.7. The van der Waals surface area contributed by atoms with Crippen molar-refractivity contribution in [1.29, 1.82) is 0 Å². The van der Waals surface area contributed by atoms with Crippen molar-refractivity contribution in [1.82, 2.24) is 14.4 Å². The summed E-state index contributed by atoms with van der Waals surface area (Å²) in [6.45, 7) is 0. The van der Waals surface area contributed by atoms with Gasteiger partial charge >= 0.3 is 0 Å². The Morgan fingerprint density at radius 1 is 0.773 bits per heavy atom. The number of fused-ring (bicyclic) bond motifs is 1. The molecule has 1 aromatic carbocycles. The Hall–Kier alpha value is -3.01. The van der Waals surface area contributed by atoms with E-state index in [4.69, 9.17) is 0 Å². The highest BCUT2D eigenvalue weighted by Crippen LogP contribution is 2.22. The maximum atomic E-state index is 13.0. The molecule has 4 aromatic rings. The van der Waals surface area contributed by atoms with Gasteiger partial charge in [0.2, 0.25) is 0 Å². The van der Waals surface area contributed by atoms with E-state index in [-0.39, 0.29) is 5.82 Å². The first-order chi connectivity index (χ1) is 10.8. The van der Waals surface area contributed by atoms with Crippen molar-refractivity contribution in [3.8, 4) is 22.5 Å². The number of imidazole rings is 1. The van der Waals surface area contributed by atoms with Gasteiger partial charge in [-0.2, -0.15) is 0 Å². The van der Waals surface area contributed by atoms with E-state index in [1.807, 2.05) is 47.1 Å². The fraction of sp³-hybridized carbons (Fsp3) is 0. The summed E-state index contributed by atoms with van der Waals surface area (Å²) in [5, 5.41) is 0. The number of halogens is 1. The zero-order valence-corrected chi connectivity index (χ0v) is 11.6. The molecule has 3 nitrogen and oxygen atoms in total. The zero-order chi connectivity index (χ0) is 14.9. The molecule has 0 aliphatic rings. The second-order valence-corrected chi connectivity index (χ2v) is 5.03. The average Bonchev–Trinajstić information content (AvgIpc) is 2.99. The lowest BCUT2D eigenvalue weighted by Crippen LogP contribution is -1.87. The maximum absolute atomic E-state index is 13.0. The average molecular weight is 289 g/mol. The van der Waals surface area contributed by atoms with Crippen LogP contribution in [0.5, 0.6) is 0 Å². The molecule has 0 spiro atoms. The zero-order valence-electron chi connectivity index (χ0n) is 11.6. The Bertz CT molecular complexity index is 928. The summed E-state index contributed by atoms with van der Waals surface area (Å²) in [6.07, 6.45) is 5.71. The Morgan fingerprint density at radius 3 is 2.36 bits per heavy atom. The quantitative estimate of drug-likeness (QED) is 0.553. The molecule has 0 atom stereocenters. The van der Waals surface area contributed by atoms with Crippen molar-refractivity contribution in [2.75, 3.05) is 0 Å². The number of aromatic nitrogens is 3. The molecule has 0 saturated heterocycles. The monoisotopic (exact) mass is 289 g/mol. The SMILES string of the molecule is Fc1ccc(-c2cn3cc(-c4ccccn4)ccc3n2)cc1. The van der Waals surface area contributed by atoms with Crippen LogP contribution in [0.3, 0.4) is 0 Å². The third-order valence-corrected chi connectivity index (χ3v) is 3.55.